The molecule has 0 aliphatic carbocycles. The Hall–Kier alpha value is -1.34. The third-order valence-corrected chi connectivity index (χ3v) is 4.45. The smallest absolute Gasteiger partial charge is 0.428 e. The highest BCUT2D eigenvalue weighted by Gasteiger charge is 2.44. The van der Waals surface area contributed by atoms with Crippen LogP contribution in [0.2, 0.25) is 0 Å². The van der Waals surface area contributed by atoms with Crippen molar-refractivity contribution in [1.82, 2.24) is 10.2 Å². The molecule has 1 aromatic carbocycles. The molecule has 2 rings (SSSR count). The van der Waals surface area contributed by atoms with Crippen molar-refractivity contribution in [2.75, 3.05) is 26.2 Å². The highest BCUT2D eigenvalue weighted by molar-refractivity contribution is 5.36. The van der Waals surface area contributed by atoms with Crippen molar-refractivity contribution in [2.24, 2.45) is 0 Å². The lowest BCUT2D eigenvalue weighted by Gasteiger charge is -2.36. The topological polar surface area (TPSA) is 24.5 Å². The van der Waals surface area contributed by atoms with Crippen molar-refractivity contribution in [3.8, 4) is 5.75 Å². The molecular formula is C18H26F4N2O. The second-order valence-corrected chi connectivity index (χ2v) is 6.30. The molecule has 0 bridgehead atoms. The molecule has 142 valence electrons. The zero-order valence-corrected chi connectivity index (χ0v) is 14.5. The third-order valence-electron chi connectivity index (χ3n) is 4.45. The van der Waals surface area contributed by atoms with Crippen molar-refractivity contribution < 1.29 is 22.3 Å². The summed E-state index contributed by atoms with van der Waals surface area (Å²) in [5.74, 6) is -0.159. The number of para-hydroxylation sites is 1. The Bertz CT molecular complexity index is 522. The predicted molar refractivity (Wildman–Crippen MR) is 89.3 cm³/mol. The number of unbranched alkanes of at least 4 members (excludes halogenated alkanes) is 2. The summed E-state index contributed by atoms with van der Waals surface area (Å²) in [5, 5.41) is 3.26. The molecular weight excluding hydrogens is 336 g/mol. The Kier molecular flexibility index (Phi) is 7.50. The van der Waals surface area contributed by atoms with E-state index in [2.05, 4.69) is 21.9 Å². The highest BCUT2D eigenvalue weighted by Crippen LogP contribution is 2.37. The third kappa shape index (κ3) is 5.57. The van der Waals surface area contributed by atoms with Gasteiger partial charge in [0.1, 0.15) is 5.75 Å². The van der Waals surface area contributed by atoms with Gasteiger partial charge in [-0.05, 0) is 12.5 Å². The number of rotatable bonds is 9. The molecule has 1 heterocycles. The SMILES string of the molecule is CCCCC[C@@H](c1ccccc1OC(F)(F)C(F)F)N1CCNCC1. The molecule has 1 aliphatic heterocycles. The van der Waals surface area contributed by atoms with Crippen LogP contribution in [0.25, 0.3) is 0 Å². The maximum absolute atomic E-state index is 13.4. The fraction of sp³-hybridized carbons (Fsp3) is 0.667. The Labute approximate surface area is 146 Å². The Morgan fingerprint density at radius 3 is 2.48 bits per heavy atom. The normalized spacial score (nSPS) is 17.7. The molecule has 1 N–H and O–H groups in total. The van der Waals surface area contributed by atoms with Gasteiger partial charge in [0.15, 0.2) is 0 Å². The van der Waals surface area contributed by atoms with Crippen LogP contribution in [0.15, 0.2) is 24.3 Å². The van der Waals surface area contributed by atoms with Crippen molar-refractivity contribution in [1.29, 1.82) is 0 Å². The standard InChI is InChI=1S/C18H26F4N2O/c1-2-3-4-8-15(24-12-10-23-11-13-24)14-7-5-6-9-16(14)25-18(21,22)17(19)20/h5-7,9,15,17,23H,2-4,8,10-13H2,1H3/t15-/m0/s1. The summed E-state index contributed by atoms with van der Waals surface area (Å²) in [5.41, 5.74) is 0.556. The van der Waals surface area contributed by atoms with Crippen LogP contribution in [0.5, 0.6) is 5.75 Å². The minimum Gasteiger partial charge on any atom is -0.428 e. The van der Waals surface area contributed by atoms with Crippen molar-refractivity contribution in [3.05, 3.63) is 29.8 Å². The average Bonchev–Trinajstić information content (AvgIpc) is 2.60. The first-order valence-electron chi connectivity index (χ1n) is 8.84. The van der Waals surface area contributed by atoms with E-state index in [9.17, 15) is 17.6 Å². The van der Waals surface area contributed by atoms with Crippen LogP contribution in [0, 0.1) is 0 Å². The van der Waals surface area contributed by atoms with Gasteiger partial charge in [-0.2, -0.15) is 17.6 Å². The first kappa shape index (κ1) is 20.0. The highest BCUT2D eigenvalue weighted by atomic mass is 19.3. The van der Waals surface area contributed by atoms with E-state index in [-0.39, 0.29) is 11.8 Å². The maximum Gasteiger partial charge on any atom is 0.461 e. The number of alkyl halides is 4. The van der Waals surface area contributed by atoms with Crippen LogP contribution in [0.3, 0.4) is 0 Å². The number of nitrogens with one attached hydrogen (secondary N) is 1. The van der Waals surface area contributed by atoms with Crippen LogP contribution < -0.4 is 10.1 Å². The summed E-state index contributed by atoms with van der Waals surface area (Å²) in [7, 11) is 0. The maximum atomic E-state index is 13.4. The van der Waals surface area contributed by atoms with E-state index in [1.165, 1.54) is 12.1 Å². The van der Waals surface area contributed by atoms with E-state index in [0.29, 0.717) is 5.56 Å². The Morgan fingerprint density at radius 2 is 1.84 bits per heavy atom. The van der Waals surface area contributed by atoms with Crippen molar-refractivity contribution in [2.45, 2.75) is 51.2 Å². The largest absolute Gasteiger partial charge is 0.461 e. The molecule has 0 amide bonds. The monoisotopic (exact) mass is 362 g/mol. The lowest BCUT2D eigenvalue weighted by Crippen LogP contribution is -2.45. The molecule has 0 unspecified atom stereocenters. The van der Waals surface area contributed by atoms with Crippen LogP contribution in [0.4, 0.5) is 17.6 Å². The number of ether oxygens (including phenoxy) is 1. The summed E-state index contributed by atoms with van der Waals surface area (Å²) in [6, 6.07) is 6.20. The molecule has 1 fully saturated rings. The number of hydrogen-bond acceptors (Lipinski definition) is 3. The molecule has 1 aliphatic rings. The summed E-state index contributed by atoms with van der Waals surface area (Å²) >= 11 is 0. The number of hydrogen-bond donors (Lipinski definition) is 1. The molecule has 0 aromatic heterocycles. The molecule has 1 atom stereocenters. The first-order chi connectivity index (χ1) is 12.0. The summed E-state index contributed by atoms with van der Waals surface area (Å²) in [4.78, 5) is 2.22. The van der Waals surface area contributed by atoms with Gasteiger partial charge in [0.05, 0.1) is 0 Å². The van der Waals surface area contributed by atoms with Crippen LogP contribution in [-0.4, -0.2) is 43.6 Å². The quantitative estimate of drug-likeness (QED) is 0.519. The fourth-order valence-electron chi connectivity index (χ4n) is 3.16. The van der Waals surface area contributed by atoms with Gasteiger partial charge in [0.25, 0.3) is 0 Å². The van der Waals surface area contributed by atoms with Crippen LogP contribution in [-0.2, 0) is 0 Å². The van der Waals surface area contributed by atoms with Crippen molar-refractivity contribution in [3.63, 3.8) is 0 Å². The Balaban J connectivity index is 2.25. The first-order valence-corrected chi connectivity index (χ1v) is 8.84. The molecule has 0 saturated carbocycles. The van der Waals surface area contributed by atoms with Gasteiger partial charge >= 0.3 is 12.5 Å². The van der Waals surface area contributed by atoms with Gasteiger partial charge in [-0.1, -0.05) is 44.4 Å². The molecule has 7 heteroatoms. The van der Waals surface area contributed by atoms with E-state index in [1.54, 1.807) is 12.1 Å². The zero-order chi connectivity index (χ0) is 18.3. The summed E-state index contributed by atoms with van der Waals surface area (Å²) in [6.45, 7) is 5.31. The number of piperazine rings is 1. The van der Waals surface area contributed by atoms with Crippen LogP contribution in [0.1, 0.15) is 44.2 Å². The number of benzene rings is 1. The summed E-state index contributed by atoms with van der Waals surface area (Å²) < 4.78 is 56.4. The molecule has 0 spiro atoms. The van der Waals surface area contributed by atoms with Gasteiger partial charge in [-0.25, -0.2) is 0 Å². The lowest BCUT2D eigenvalue weighted by atomic mass is 9.97. The second kappa shape index (κ2) is 9.38. The summed E-state index contributed by atoms with van der Waals surface area (Å²) in [6.07, 6.45) is -4.53. The second-order valence-electron chi connectivity index (χ2n) is 6.30. The molecule has 0 radical (unpaired) electrons. The molecule has 1 saturated heterocycles. The van der Waals surface area contributed by atoms with Gasteiger partial charge < -0.3 is 10.1 Å². The van der Waals surface area contributed by atoms with Crippen molar-refractivity contribution >= 4 is 0 Å². The molecule has 1 aromatic rings. The van der Waals surface area contributed by atoms with E-state index in [0.717, 1.165) is 51.9 Å². The van der Waals surface area contributed by atoms with E-state index < -0.39 is 12.5 Å². The van der Waals surface area contributed by atoms with E-state index in [1.807, 2.05) is 0 Å². The van der Waals surface area contributed by atoms with Gasteiger partial charge in [-0.3, -0.25) is 4.90 Å². The van der Waals surface area contributed by atoms with Crippen LogP contribution >= 0.6 is 0 Å². The van der Waals surface area contributed by atoms with Gasteiger partial charge in [0.2, 0.25) is 0 Å². The minimum atomic E-state index is -4.49. The molecule has 25 heavy (non-hydrogen) atoms. The van der Waals surface area contributed by atoms with E-state index in [4.69, 9.17) is 0 Å². The lowest BCUT2D eigenvalue weighted by molar-refractivity contribution is -0.253. The predicted octanol–water partition coefficient (Wildman–Crippen LogP) is 4.45. The van der Waals surface area contributed by atoms with Gasteiger partial charge in [0, 0.05) is 37.8 Å². The minimum absolute atomic E-state index is 0.113. The zero-order valence-electron chi connectivity index (χ0n) is 14.5. The molecule has 3 nitrogen and oxygen atoms in total. The average molecular weight is 362 g/mol. The van der Waals surface area contributed by atoms with Gasteiger partial charge in [-0.15, -0.1) is 0 Å². The fourth-order valence-corrected chi connectivity index (χ4v) is 3.16. The van der Waals surface area contributed by atoms with E-state index >= 15 is 0 Å². The number of halogens is 4. The Morgan fingerprint density at radius 1 is 1.16 bits per heavy atom. The number of nitrogens with zero attached hydrogens (tertiary/aromatic N) is 1.